The van der Waals surface area contributed by atoms with Gasteiger partial charge in [-0.3, -0.25) is 4.79 Å². The van der Waals surface area contributed by atoms with Gasteiger partial charge in [-0.25, -0.2) is 0 Å². The molecule has 0 aliphatic carbocycles. The number of nitrogens with one attached hydrogen (secondary N) is 1. The summed E-state index contributed by atoms with van der Waals surface area (Å²) in [6, 6.07) is 10.5. The van der Waals surface area contributed by atoms with Crippen LogP contribution < -0.4 is 14.8 Å². The Hall–Kier alpha value is -1.91. The maximum absolute atomic E-state index is 12.0. The van der Waals surface area contributed by atoms with Crippen LogP contribution in [0.15, 0.2) is 36.4 Å². The summed E-state index contributed by atoms with van der Waals surface area (Å²) < 4.78 is 10.9. The van der Waals surface area contributed by atoms with Crippen LogP contribution in [0.2, 0.25) is 10.0 Å². The lowest BCUT2D eigenvalue weighted by Gasteiger charge is -2.13. The first-order chi connectivity index (χ1) is 11.4. The minimum absolute atomic E-state index is 0.151. The number of carbonyl (C=O) groups excluding carboxylic acids is 1. The zero-order chi connectivity index (χ0) is 17.7. The van der Waals surface area contributed by atoms with Crippen molar-refractivity contribution in [2.45, 2.75) is 19.8 Å². The molecule has 2 aromatic carbocycles. The van der Waals surface area contributed by atoms with E-state index in [9.17, 15) is 4.79 Å². The molecule has 0 unspecified atom stereocenters. The van der Waals surface area contributed by atoms with Crippen molar-refractivity contribution in [3.63, 3.8) is 0 Å². The Morgan fingerprint density at radius 3 is 2.33 bits per heavy atom. The van der Waals surface area contributed by atoms with E-state index in [2.05, 4.69) is 19.2 Å². The Labute approximate surface area is 151 Å². The molecule has 0 saturated heterocycles. The second-order valence-corrected chi connectivity index (χ2v) is 6.43. The molecule has 0 heterocycles. The molecule has 0 saturated carbocycles. The fraction of sp³-hybridized carbons (Fsp3) is 0.278. The van der Waals surface area contributed by atoms with Crippen molar-refractivity contribution in [2.24, 2.45) is 0 Å². The van der Waals surface area contributed by atoms with Crippen LogP contribution >= 0.6 is 23.2 Å². The van der Waals surface area contributed by atoms with Crippen LogP contribution in [-0.4, -0.2) is 19.6 Å². The third-order valence-corrected chi connectivity index (χ3v) is 3.80. The summed E-state index contributed by atoms with van der Waals surface area (Å²) in [5.41, 5.74) is 1.65. The molecule has 2 rings (SSSR count). The number of methoxy groups -OCH3 is 1. The number of rotatable bonds is 6. The maximum Gasteiger partial charge on any atom is 0.262 e. The third-order valence-electron chi connectivity index (χ3n) is 3.36. The molecule has 0 aromatic heterocycles. The van der Waals surface area contributed by atoms with E-state index in [0.29, 0.717) is 33.1 Å². The summed E-state index contributed by atoms with van der Waals surface area (Å²) in [7, 11) is 1.57. The van der Waals surface area contributed by atoms with Crippen molar-refractivity contribution >= 4 is 34.8 Å². The summed E-state index contributed by atoms with van der Waals surface area (Å²) in [5, 5.41) is 3.58. The average molecular weight is 368 g/mol. The van der Waals surface area contributed by atoms with E-state index >= 15 is 0 Å². The van der Waals surface area contributed by atoms with E-state index in [1.54, 1.807) is 31.4 Å². The Kier molecular flexibility index (Phi) is 6.35. The monoisotopic (exact) mass is 367 g/mol. The molecular formula is C18H19Cl2NO3. The second kappa shape index (κ2) is 8.27. The molecule has 2 aromatic rings. The van der Waals surface area contributed by atoms with E-state index in [1.165, 1.54) is 0 Å². The molecule has 0 aliphatic heterocycles. The highest BCUT2D eigenvalue weighted by Gasteiger charge is 2.11. The minimum atomic E-state index is -0.316. The molecule has 0 radical (unpaired) electrons. The van der Waals surface area contributed by atoms with E-state index in [1.807, 2.05) is 12.1 Å². The third kappa shape index (κ3) is 5.05. The lowest BCUT2D eigenvalue weighted by molar-refractivity contribution is -0.118. The Morgan fingerprint density at radius 1 is 1.08 bits per heavy atom. The topological polar surface area (TPSA) is 47.6 Å². The molecule has 24 heavy (non-hydrogen) atoms. The maximum atomic E-state index is 12.0. The van der Waals surface area contributed by atoms with Gasteiger partial charge in [0.05, 0.1) is 7.11 Å². The number of hydrogen-bond acceptors (Lipinski definition) is 3. The van der Waals surface area contributed by atoms with Gasteiger partial charge in [0.2, 0.25) is 0 Å². The van der Waals surface area contributed by atoms with Gasteiger partial charge in [-0.1, -0.05) is 43.1 Å². The van der Waals surface area contributed by atoms with Gasteiger partial charge in [-0.15, -0.1) is 0 Å². The number of carbonyl (C=O) groups is 1. The molecule has 128 valence electrons. The van der Waals surface area contributed by atoms with E-state index in [0.717, 1.165) is 5.56 Å². The summed E-state index contributed by atoms with van der Waals surface area (Å²) >= 11 is 11.8. The van der Waals surface area contributed by atoms with Crippen LogP contribution in [0.5, 0.6) is 11.5 Å². The number of anilines is 1. The van der Waals surface area contributed by atoms with Crippen LogP contribution in [0.4, 0.5) is 5.69 Å². The molecule has 0 spiro atoms. The molecule has 0 fully saturated rings. The van der Waals surface area contributed by atoms with Crippen LogP contribution in [0.3, 0.4) is 0 Å². The number of benzene rings is 2. The largest absolute Gasteiger partial charge is 0.493 e. The van der Waals surface area contributed by atoms with Crippen LogP contribution in [0, 0.1) is 0 Å². The zero-order valence-corrected chi connectivity index (χ0v) is 15.2. The van der Waals surface area contributed by atoms with Gasteiger partial charge in [-0.05, 0) is 41.8 Å². The van der Waals surface area contributed by atoms with Crippen LogP contribution in [0.25, 0.3) is 0 Å². The highest BCUT2D eigenvalue weighted by Crippen LogP contribution is 2.30. The molecule has 6 heteroatoms. The van der Waals surface area contributed by atoms with E-state index < -0.39 is 0 Å². The average Bonchev–Trinajstić information content (AvgIpc) is 2.51. The summed E-state index contributed by atoms with van der Waals surface area (Å²) in [6.07, 6.45) is 0. The van der Waals surface area contributed by atoms with Crippen molar-refractivity contribution in [3.05, 3.63) is 52.0 Å². The first kappa shape index (κ1) is 18.4. The van der Waals surface area contributed by atoms with Crippen LogP contribution in [0.1, 0.15) is 25.3 Å². The summed E-state index contributed by atoms with van der Waals surface area (Å²) in [6.45, 7) is 4.04. The Morgan fingerprint density at radius 2 is 1.75 bits per heavy atom. The quantitative estimate of drug-likeness (QED) is 0.768. The SMILES string of the molecule is COc1cc(C(C)C)ccc1OCC(=O)Nc1cc(Cl)cc(Cl)c1. The van der Waals surface area contributed by atoms with Gasteiger partial charge in [0.15, 0.2) is 18.1 Å². The van der Waals surface area contributed by atoms with Crippen molar-refractivity contribution < 1.29 is 14.3 Å². The second-order valence-electron chi connectivity index (χ2n) is 5.56. The summed E-state index contributed by atoms with van der Waals surface area (Å²) in [4.78, 5) is 12.0. The zero-order valence-electron chi connectivity index (χ0n) is 13.7. The first-order valence-electron chi connectivity index (χ1n) is 7.45. The van der Waals surface area contributed by atoms with Gasteiger partial charge in [0.1, 0.15) is 0 Å². The molecule has 0 bridgehead atoms. The number of halogens is 2. The van der Waals surface area contributed by atoms with Crippen molar-refractivity contribution in [2.75, 3.05) is 19.0 Å². The fourth-order valence-corrected chi connectivity index (χ4v) is 2.65. The molecule has 1 amide bonds. The van der Waals surface area contributed by atoms with Crippen LogP contribution in [-0.2, 0) is 4.79 Å². The standard InChI is InChI=1S/C18H19Cl2NO3/c1-11(2)12-4-5-16(17(6-12)23-3)24-10-18(22)21-15-8-13(19)7-14(20)9-15/h4-9,11H,10H2,1-3H3,(H,21,22). The number of hydrogen-bond donors (Lipinski definition) is 1. The highest BCUT2D eigenvalue weighted by molar-refractivity contribution is 6.35. The molecular weight excluding hydrogens is 349 g/mol. The number of amides is 1. The lowest BCUT2D eigenvalue weighted by atomic mass is 10.0. The van der Waals surface area contributed by atoms with Gasteiger partial charge in [-0.2, -0.15) is 0 Å². The minimum Gasteiger partial charge on any atom is -0.493 e. The summed E-state index contributed by atoms with van der Waals surface area (Å²) in [5.74, 6) is 1.17. The lowest BCUT2D eigenvalue weighted by Crippen LogP contribution is -2.20. The Bertz CT molecular complexity index is 712. The van der Waals surface area contributed by atoms with Gasteiger partial charge in [0, 0.05) is 15.7 Å². The van der Waals surface area contributed by atoms with Gasteiger partial charge < -0.3 is 14.8 Å². The molecule has 4 nitrogen and oxygen atoms in total. The highest BCUT2D eigenvalue weighted by atomic mass is 35.5. The smallest absolute Gasteiger partial charge is 0.262 e. The van der Waals surface area contributed by atoms with Gasteiger partial charge >= 0.3 is 0 Å². The Balaban J connectivity index is 2.01. The predicted molar refractivity (Wildman–Crippen MR) is 97.7 cm³/mol. The van der Waals surface area contributed by atoms with Gasteiger partial charge in [0.25, 0.3) is 5.91 Å². The molecule has 0 aliphatic rings. The van der Waals surface area contributed by atoms with Crippen molar-refractivity contribution in [3.8, 4) is 11.5 Å². The van der Waals surface area contributed by atoms with E-state index in [4.69, 9.17) is 32.7 Å². The molecule has 1 N–H and O–H groups in total. The molecule has 0 atom stereocenters. The van der Waals surface area contributed by atoms with E-state index in [-0.39, 0.29) is 12.5 Å². The first-order valence-corrected chi connectivity index (χ1v) is 8.21. The van der Waals surface area contributed by atoms with Crippen molar-refractivity contribution in [1.82, 2.24) is 0 Å². The fourth-order valence-electron chi connectivity index (χ4n) is 2.13. The number of ether oxygens (including phenoxy) is 2. The van der Waals surface area contributed by atoms with Crippen molar-refractivity contribution in [1.29, 1.82) is 0 Å². The predicted octanol–water partition coefficient (Wildman–Crippen LogP) is 5.14. The normalized spacial score (nSPS) is 10.6.